The van der Waals surface area contributed by atoms with Crippen LogP contribution in [0.1, 0.15) is 11.1 Å². The van der Waals surface area contributed by atoms with E-state index in [4.69, 9.17) is 14.2 Å². The Morgan fingerprint density at radius 1 is 1.21 bits per heavy atom. The molecule has 8 heteroatoms. The Morgan fingerprint density at radius 2 is 1.97 bits per heavy atom. The van der Waals surface area contributed by atoms with Crippen LogP contribution in [-0.4, -0.2) is 29.9 Å². The molecule has 150 valence electrons. The number of aromatic nitrogens is 2. The van der Waals surface area contributed by atoms with Gasteiger partial charge in [0.1, 0.15) is 19.0 Å². The number of hydrogen-bond donors (Lipinski definition) is 1. The SMILES string of the molecule is COc1cn(Cc2cccc(F)c2)c(Nc2cc3c(cc2C)OCCO3)nc1=O. The van der Waals surface area contributed by atoms with Crippen LogP contribution in [0, 0.1) is 12.7 Å². The quantitative estimate of drug-likeness (QED) is 0.712. The van der Waals surface area contributed by atoms with Crippen LogP contribution in [0.5, 0.6) is 17.2 Å². The lowest BCUT2D eigenvalue weighted by molar-refractivity contribution is 0.171. The molecule has 4 rings (SSSR count). The van der Waals surface area contributed by atoms with Crippen LogP contribution in [0.2, 0.25) is 0 Å². The molecule has 0 aliphatic carbocycles. The maximum Gasteiger partial charge on any atom is 0.316 e. The van der Waals surface area contributed by atoms with E-state index in [9.17, 15) is 9.18 Å². The molecule has 3 aromatic rings. The zero-order chi connectivity index (χ0) is 20.4. The summed E-state index contributed by atoms with van der Waals surface area (Å²) in [6, 6.07) is 9.93. The lowest BCUT2D eigenvalue weighted by Crippen LogP contribution is -2.19. The van der Waals surface area contributed by atoms with Crippen molar-refractivity contribution >= 4 is 11.6 Å². The number of nitrogens with zero attached hydrogens (tertiary/aromatic N) is 2. The van der Waals surface area contributed by atoms with Crippen LogP contribution < -0.4 is 25.1 Å². The fourth-order valence-electron chi connectivity index (χ4n) is 3.11. The molecular formula is C21H20FN3O4. The molecule has 2 aromatic carbocycles. The Labute approximate surface area is 166 Å². The Bertz CT molecular complexity index is 1110. The number of ether oxygens (including phenoxy) is 3. The second-order valence-electron chi connectivity index (χ2n) is 6.63. The minimum Gasteiger partial charge on any atom is -0.490 e. The second-order valence-corrected chi connectivity index (χ2v) is 6.63. The van der Waals surface area contributed by atoms with Crippen molar-refractivity contribution in [1.29, 1.82) is 0 Å². The Balaban J connectivity index is 1.73. The van der Waals surface area contributed by atoms with Gasteiger partial charge < -0.3 is 24.1 Å². The normalized spacial score (nSPS) is 12.5. The maximum atomic E-state index is 13.6. The number of aryl methyl sites for hydroxylation is 1. The molecule has 1 aliphatic heterocycles. The van der Waals surface area contributed by atoms with Gasteiger partial charge in [0.2, 0.25) is 11.7 Å². The Morgan fingerprint density at radius 3 is 2.69 bits per heavy atom. The highest BCUT2D eigenvalue weighted by Gasteiger charge is 2.16. The van der Waals surface area contributed by atoms with E-state index in [2.05, 4.69) is 10.3 Å². The zero-order valence-electron chi connectivity index (χ0n) is 16.1. The van der Waals surface area contributed by atoms with E-state index in [1.54, 1.807) is 22.9 Å². The molecule has 29 heavy (non-hydrogen) atoms. The predicted molar refractivity (Wildman–Crippen MR) is 106 cm³/mol. The van der Waals surface area contributed by atoms with Crippen LogP contribution in [0.25, 0.3) is 0 Å². The molecule has 1 N–H and O–H groups in total. The summed E-state index contributed by atoms with van der Waals surface area (Å²) in [5.41, 5.74) is 1.84. The van der Waals surface area contributed by atoms with Crippen molar-refractivity contribution in [2.45, 2.75) is 13.5 Å². The number of benzene rings is 2. The number of halogens is 1. The van der Waals surface area contributed by atoms with Crippen LogP contribution in [-0.2, 0) is 6.54 Å². The van der Waals surface area contributed by atoms with Crippen molar-refractivity contribution < 1.29 is 18.6 Å². The van der Waals surface area contributed by atoms with Crippen molar-refractivity contribution in [2.75, 3.05) is 25.6 Å². The molecule has 1 aliphatic rings. The van der Waals surface area contributed by atoms with Crippen molar-refractivity contribution in [3.63, 3.8) is 0 Å². The molecule has 0 spiro atoms. The predicted octanol–water partition coefficient (Wildman–Crippen LogP) is 3.26. The van der Waals surface area contributed by atoms with Gasteiger partial charge in [0.05, 0.1) is 19.9 Å². The maximum absolute atomic E-state index is 13.6. The van der Waals surface area contributed by atoms with E-state index in [0.717, 1.165) is 16.8 Å². The first-order valence-electron chi connectivity index (χ1n) is 9.10. The summed E-state index contributed by atoms with van der Waals surface area (Å²) in [4.78, 5) is 16.4. The molecule has 0 unspecified atom stereocenters. The van der Waals surface area contributed by atoms with E-state index in [0.29, 0.717) is 37.2 Å². The summed E-state index contributed by atoms with van der Waals surface area (Å²) in [5.74, 6) is 1.38. The summed E-state index contributed by atoms with van der Waals surface area (Å²) in [6.07, 6.45) is 1.55. The number of fused-ring (bicyclic) bond motifs is 1. The molecule has 0 saturated heterocycles. The van der Waals surface area contributed by atoms with Gasteiger partial charge in [-0.05, 0) is 36.2 Å². The van der Waals surface area contributed by atoms with Gasteiger partial charge in [0.15, 0.2) is 11.5 Å². The molecule has 1 aromatic heterocycles. The molecule has 0 amide bonds. The summed E-state index contributed by atoms with van der Waals surface area (Å²) in [6.45, 7) is 3.19. The standard InChI is InChI=1S/C21H20FN3O4/c1-13-8-17-18(29-7-6-28-17)10-16(13)23-21-24-20(26)19(27-2)12-25(21)11-14-4-3-5-15(22)9-14/h3-5,8-10,12H,6-7,11H2,1-2H3,(H,23,24,26). The lowest BCUT2D eigenvalue weighted by Gasteiger charge is -2.21. The van der Waals surface area contributed by atoms with Gasteiger partial charge in [-0.3, -0.25) is 4.79 Å². The average molecular weight is 397 g/mol. The first-order valence-corrected chi connectivity index (χ1v) is 9.10. The molecular weight excluding hydrogens is 377 g/mol. The summed E-state index contributed by atoms with van der Waals surface area (Å²) in [7, 11) is 1.41. The minimum atomic E-state index is -0.499. The number of anilines is 2. The molecule has 0 bridgehead atoms. The molecule has 7 nitrogen and oxygen atoms in total. The molecule has 0 saturated carbocycles. The van der Waals surface area contributed by atoms with Crippen molar-refractivity contribution in [3.8, 4) is 17.2 Å². The van der Waals surface area contributed by atoms with E-state index < -0.39 is 5.56 Å². The van der Waals surface area contributed by atoms with Crippen molar-refractivity contribution in [3.05, 3.63) is 69.9 Å². The molecule has 0 atom stereocenters. The van der Waals surface area contributed by atoms with Gasteiger partial charge >= 0.3 is 5.56 Å². The van der Waals surface area contributed by atoms with Gasteiger partial charge in [-0.1, -0.05) is 12.1 Å². The second kappa shape index (κ2) is 7.83. The summed E-state index contributed by atoms with van der Waals surface area (Å²) < 4.78 is 31.7. The van der Waals surface area contributed by atoms with Gasteiger partial charge in [0, 0.05) is 11.8 Å². The lowest BCUT2D eigenvalue weighted by atomic mass is 10.1. The van der Waals surface area contributed by atoms with E-state index in [1.165, 1.54) is 19.2 Å². The van der Waals surface area contributed by atoms with Crippen LogP contribution in [0.15, 0.2) is 47.4 Å². The third-order valence-electron chi connectivity index (χ3n) is 4.56. The number of rotatable bonds is 5. The van der Waals surface area contributed by atoms with Crippen molar-refractivity contribution in [1.82, 2.24) is 9.55 Å². The third kappa shape index (κ3) is 4.01. The van der Waals surface area contributed by atoms with E-state index in [-0.39, 0.29) is 11.6 Å². The molecule has 0 fully saturated rings. The Hall–Kier alpha value is -3.55. The van der Waals surface area contributed by atoms with Crippen LogP contribution in [0.4, 0.5) is 16.0 Å². The minimum absolute atomic E-state index is 0.103. The fraction of sp³-hybridized carbons (Fsp3) is 0.238. The van der Waals surface area contributed by atoms with Gasteiger partial charge in [-0.15, -0.1) is 0 Å². The fourth-order valence-corrected chi connectivity index (χ4v) is 3.11. The van der Waals surface area contributed by atoms with Crippen LogP contribution >= 0.6 is 0 Å². The largest absolute Gasteiger partial charge is 0.490 e. The number of nitrogens with one attached hydrogen (secondary N) is 1. The first-order chi connectivity index (χ1) is 14.0. The summed E-state index contributed by atoms with van der Waals surface area (Å²) in [5, 5.41) is 3.18. The van der Waals surface area contributed by atoms with Gasteiger partial charge in [-0.25, -0.2) is 4.39 Å². The smallest absolute Gasteiger partial charge is 0.316 e. The van der Waals surface area contributed by atoms with Gasteiger partial charge in [-0.2, -0.15) is 4.98 Å². The third-order valence-corrected chi connectivity index (χ3v) is 4.56. The molecule has 0 radical (unpaired) electrons. The van der Waals surface area contributed by atoms with E-state index in [1.807, 2.05) is 19.1 Å². The monoisotopic (exact) mass is 397 g/mol. The number of hydrogen-bond acceptors (Lipinski definition) is 6. The highest BCUT2D eigenvalue weighted by Crippen LogP contribution is 2.36. The molecule has 2 heterocycles. The van der Waals surface area contributed by atoms with Crippen LogP contribution in [0.3, 0.4) is 0 Å². The average Bonchev–Trinajstić information content (AvgIpc) is 2.70. The van der Waals surface area contributed by atoms with Crippen molar-refractivity contribution in [2.24, 2.45) is 0 Å². The van der Waals surface area contributed by atoms with Gasteiger partial charge in [0.25, 0.3) is 0 Å². The first kappa shape index (κ1) is 18.8. The highest BCUT2D eigenvalue weighted by atomic mass is 19.1. The number of methoxy groups -OCH3 is 1. The Kier molecular flexibility index (Phi) is 5.07. The van der Waals surface area contributed by atoms with E-state index >= 15 is 0 Å². The summed E-state index contributed by atoms with van der Waals surface area (Å²) >= 11 is 0. The zero-order valence-corrected chi connectivity index (χ0v) is 16.1. The topological polar surface area (TPSA) is 74.6 Å². The highest BCUT2D eigenvalue weighted by molar-refractivity contribution is 5.65.